The molecule has 3 aromatic carbocycles. The summed E-state index contributed by atoms with van der Waals surface area (Å²) in [7, 11) is -2.78. The van der Waals surface area contributed by atoms with Crippen molar-refractivity contribution in [1.82, 2.24) is 10.2 Å². The van der Waals surface area contributed by atoms with Crippen molar-refractivity contribution in [3.63, 3.8) is 0 Å². The molecule has 0 aliphatic carbocycles. The first kappa shape index (κ1) is 32.5. The van der Waals surface area contributed by atoms with Crippen LogP contribution in [0.15, 0.2) is 71.6 Å². The van der Waals surface area contributed by atoms with Crippen molar-refractivity contribution in [1.29, 1.82) is 0 Å². The van der Waals surface area contributed by atoms with Crippen molar-refractivity contribution in [2.24, 2.45) is 0 Å². The fraction of sp³-hybridized carbons (Fsp3) is 0.310. The molecule has 0 fully saturated rings. The number of sulfonamides is 1. The molecular weight excluding hydrogens is 609 g/mol. The fourth-order valence-corrected chi connectivity index (χ4v) is 6.21. The summed E-state index contributed by atoms with van der Waals surface area (Å²) >= 11 is 18.7. The SMILES string of the molecule is CCCNC(=O)[C@H](CC)N(Cc1ccc(Cl)cc1Cl)C(=O)CN(c1cccc(Cl)c1)S(=O)(=O)c1ccc(OC)cc1. The van der Waals surface area contributed by atoms with Crippen LogP contribution in [0.2, 0.25) is 15.1 Å². The molecule has 41 heavy (non-hydrogen) atoms. The molecule has 8 nitrogen and oxygen atoms in total. The molecule has 0 saturated heterocycles. The smallest absolute Gasteiger partial charge is 0.264 e. The highest BCUT2D eigenvalue weighted by molar-refractivity contribution is 7.92. The zero-order valence-electron chi connectivity index (χ0n) is 22.9. The van der Waals surface area contributed by atoms with Crippen LogP contribution in [0.5, 0.6) is 5.75 Å². The number of anilines is 1. The minimum atomic E-state index is -4.25. The summed E-state index contributed by atoms with van der Waals surface area (Å²) in [5.41, 5.74) is 0.744. The maximum Gasteiger partial charge on any atom is 0.264 e. The lowest BCUT2D eigenvalue weighted by atomic mass is 10.1. The van der Waals surface area contributed by atoms with Crippen LogP contribution in [-0.2, 0) is 26.2 Å². The van der Waals surface area contributed by atoms with Crippen molar-refractivity contribution in [2.45, 2.75) is 44.2 Å². The fourth-order valence-electron chi connectivity index (χ4n) is 4.15. The van der Waals surface area contributed by atoms with E-state index in [1.165, 1.54) is 42.3 Å². The number of nitrogens with zero attached hydrogens (tertiary/aromatic N) is 2. The largest absolute Gasteiger partial charge is 0.497 e. The van der Waals surface area contributed by atoms with Gasteiger partial charge in [0.15, 0.2) is 0 Å². The minimum absolute atomic E-state index is 0.0428. The first-order valence-electron chi connectivity index (χ1n) is 12.9. The summed E-state index contributed by atoms with van der Waals surface area (Å²) in [5.74, 6) is -0.476. The number of benzene rings is 3. The highest BCUT2D eigenvalue weighted by Gasteiger charge is 2.34. The topological polar surface area (TPSA) is 96.0 Å². The number of ether oxygens (including phenoxy) is 1. The van der Waals surface area contributed by atoms with E-state index in [1.54, 1.807) is 43.3 Å². The summed E-state index contributed by atoms with van der Waals surface area (Å²) in [4.78, 5) is 28.5. The van der Waals surface area contributed by atoms with Gasteiger partial charge in [0.25, 0.3) is 10.0 Å². The lowest BCUT2D eigenvalue weighted by molar-refractivity contribution is -0.140. The average Bonchev–Trinajstić information content (AvgIpc) is 2.95. The van der Waals surface area contributed by atoms with Crippen molar-refractivity contribution in [2.75, 3.05) is 24.5 Å². The Morgan fingerprint density at radius 2 is 1.63 bits per heavy atom. The third-order valence-electron chi connectivity index (χ3n) is 6.31. The summed E-state index contributed by atoms with van der Waals surface area (Å²) in [6.45, 7) is 3.49. The van der Waals surface area contributed by atoms with Gasteiger partial charge in [-0.3, -0.25) is 13.9 Å². The average molecular weight is 641 g/mol. The Bertz CT molecular complexity index is 1470. The first-order chi connectivity index (χ1) is 19.5. The third-order valence-corrected chi connectivity index (χ3v) is 8.92. The molecule has 12 heteroatoms. The molecule has 0 radical (unpaired) electrons. The van der Waals surface area contributed by atoms with Gasteiger partial charge in [-0.1, -0.05) is 60.8 Å². The van der Waals surface area contributed by atoms with Crippen molar-refractivity contribution >= 4 is 62.3 Å². The molecule has 0 saturated carbocycles. The second-order valence-electron chi connectivity index (χ2n) is 9.14. The van der Waals surface area contributed by atoms with Gasteiger partial charge in [-0.25, -0.2) is 8.42 Å². The van der Waals surface area contributed by atoms with E-state index in [0.29, 0.717) is 39.3 Å². The summed E-state index contributed by atoms with van der Waals surface area (Å²) < 4.78 is 34.0. The molecule has 0 spiro atoms. The monoisotopic (exact) mass is 639 g/mol. The molecule has 0 aliphatic rings. The van der Waals surface area contributed by atoms with E-state index in [-0.39, 0.29) is 29.5 Å². The minimum Gasteiger partial charge on any atom is -0.497 e. The maximum atomic E-state index is 14.1. The van der Waals surface area contributed by atoms with E-state index < -0.39 is 28.5 Å². The molecule has 0 aromatic heterocycles. The van der Waals surface area contributed by atoms with Crippen LogP contribution in [0.3, 0.4) is 0 Å². The zero-order valence-corrected chi connectivity index (χ0v) is 26.0. The van der Waals surface area contributed by atoms with Crippen LogP contribution in [0.1, 0.15) is 32.3 Å². The summed E-state index contributed by atoms with van der Waals surface area (Å²) in [6.07, 6.45) is 0.997. The number of amides is 2. The molecule has 0 bridgehead atoms. The van der Waals surface area contributed by atoms with Crippen LogP contribution < -0.4 is 14.4 Å². The van der Waals surface area contributed by atoms with Gasteiger partial charge >= 0.3 is 0 Å². The summed E-state index contributed by atoms with van der Waals surface area (Å²) in [6, 6.07) is 16.0. The Morgan fingerprint density at radius 3 is 2.22 bits per heavy atom. The normalized spacial score (nSPS) is 12.0. The number of hydrogen-bond donors (Lipinski definition) is 1. The van der Waals surface area contributed by atoms with Crippen LogP contribution in [-0.4, -0.2) is 51.4 Å². The van der Waals surface area contributed by atoms with E-state index in [9.17, 15) is 18.0 Å². The lowest BCUT2D eigenvalue weighted by Crippen LogP contribution is -2.52. The van der Waals surface area contributed by atoms with Crippen LogP contribution in [0.4, 0.5) is 5.69 Å². The molecule has 1 atom stereocenters. The summed E-state index contributed by atoms with van der Waals surface area (Å²) in [5, 5.41) is 3.87. The Labute approximate surface area is 256 Å². The van der Waals surface area contributed by atoms with E-state index in [1.807, 2.05) is 6.92 Å². The van der Waals surface area contributed by atoms with E-state index in [0.717, 1.165) is 4.31 Å². The molecule has 0 unspecified atom stereocenters. The van der Waals surface area contributed by atoms with E-state index in [4.69, 9.17) is 39.5 Å². The molecule has 1 N–H and O–H groups in total. The van der Waals surface area contributed by atoms with Gasteiger partial charge in [-0.05, 0) is 73.0 Å². The standard InChI is InChI=1S/C29H32Cl3N3O5S/c1-4-15-33-29(37)27(5-2)34(18-20-9-10-22(31)17-26(20)32)28(36)19-35(23-8-6-7-21(30)16-23)41(38,39)25-13-11-24(40-3)12-14-25/h6-14,16-17,27H,4-5,15,18-19H2,1-3H3,(H,33,37)/t27-/m0/s1. The third kappa shape index (κ3) is 8.29. The zero-order chi connectivity index (χ0) is 30.2. The van der Waals surface area contributed by atoms with Crippen molar-refractivity contribution in [3.8, 4) is 5.75 Å². The molecule has 0 aliphatic heterocycles. The maximum absolute atomic E-state index is 14.1. The van der Waals surface area contributed by atoms with Crippen LogP contribution >= 0.6 is 34.8 Å². The Morgan fingerprint density at radius 1 is 0.951 bits per heavy atom. The molecule has 220 valence electrons. The van der Waals surface area contributed by atoms with E-state index in [2.05, 4.69) is 5.32 Å². The Hall–Kier alpha value is -2.98. The number of nitrogens with one attached hydrogen (secondary N) is 1. The molecular formula is C29H32Cl3N3O5S. The van der Waals surface area contributed by atoms with Crippen molar-refractivity contribution < 1.29 is 22.7 Å². The van der Waals surface area contributed by atoms with Gasteiger partial charge in [0.2, 0.25) is 11.8 Å². The number of carbonyl (C=O) groups is 2. The van der Waals surface area contributed by atoms with Crippen LogP contribution in [0.25, 0.3) is 0 Å². The molecule has 3 aromatic rings. The molecule has 3 rings (SSSR count). The van der Waals surface area contributed by atoms with Gasteiger partial charge in [-0.2, -0.15) is 0 Å². The molecule has 2 amide bonds. The van der Waals surface area contributed by atoms with Crippen molar-refractivity contribution in [3.05, 3.63) is 87.4 Å². The molecule has 0 heterocycles. The Kier molecular flexibility index (Phi) is 11.7. The number of halogens is 3. The second-order valence-corrected chi connectivity index (χ2v) is 12.3. The predicted molar refractivity (Wildman–Crippen MR) is 163 cm³/mol. The van der Waals surface area contributed by atoms with Crippen LogP contribution in [0, 0.1) is 0 Å². The number of rotatable bonds is 13. The highest BCUT2D eigenvalue weighted by atomic mass is 35.5. The number of methoxy groups -OCH3 is 1. The predicted octanol–water partition coefficient (Wildman–Crippen LogP) is 6.18. The first-order valence-corrected chi connectivity index (χ1v) is 15.5. The lowest BCUT2D eigenvalue weighted by Gasteiger charge is -2.33. The van der Waals surface area contributed by atoms with Gasteiger partial charge in [0, 0.05) is 28.2 Å². The quantitative estimate of drug-likeness (QED) is 0.241. The highest BCUT2D eigenvalue weighted by Crippen LogP contribution is 2.29. The van der Waals surface area contributed by atoms with Gasteiger partial charge in [0.05, 0.1) is 17.7 Å². The van der Waals surface area contributed by atoms with Gasteiger partial charge in [-0.15, -0.1) is 0 Å². The number of hydrogen-bond acceptors (Lipinski definition) is 5. The second kappa shape index (κ2) is 14.8. The van der Waals surface area contributed by atoms with Gasteiger partial charge < -0.3 is 15.0 Å². The number of carbonyl (C=O) groups excluding carboxylic acids is 2. The van der Waals surface area contributed by atoms with E-state index >= 15 is 0 Å². The van der Waals surface area contributed by atoms with Gasteiger partial charge in [0.1, 0.15) is 18.3 Å². The Balaban J connectivity index is 2.07.